The Morgan fingerprint density at radius 1 is 1.58 bits per heavy atom. The lowest BCUT2D eigenvalue weighted by atomic mass is 10.2. The number of imide groups is 1. The van der Waals surface area contributed by atoms with E-state index in [1.165, 1.54) is 0 Å². The molecule has 1 saturated heterocycles. The maximum Gasteiger partial charge on any atom is 0.334 e. The summed E-state index contributed by atoms with van der Waals surface area (Å²) in [6.45, 7) is 0. The van der Waals surface area contributed by atoms with Crippen molar-refractivity contribution in [2.24, 2.45) is 10.9 Å². The Bertz CT molecular complexity index is 244. The zero-order valence-electron chi connectivity index (χ0n) is 5.73. The van der Waals surface area contributed by atoms with Crippen molar-refractivity contribution in [2.75, 3.05) is 0 Å². The van der Waals surface area contributed by atoms with Crippen molar-refractivity contribution in [3.8, 4) is 0 Å². The summed E-state index contributed by atoms with van der Waals surface area (Å²) in [7, 11) is 0. The highest BCUT2D eigenvalue weighted by Crippen LogP contribution is 2.13. The quantitative estimate of drug-likeness (QED) is 0.377. The van der Waals surface area contributed by atoms with E-state index < -0.39 is 24.1 Å². The highest BCUT2D eigenvalue weighted by molar-refractivity contribution is 14.1. The normalized spacial score (nSPS) is 30.0. The predicted molar refractivity (Wildman–Crippen MR) is 47.0 cm³/mol. The first kappa shape index (κ1) is 9.32. The van der Waals surface area contributed by atoms with Crippen LogP contribution in [0.15, 0.2) is 5.18 Å². The average Bonchev–Trinajstić information content (AvgIpc) is 2.01. The second kappa shape index (κ2) is 3.31. The van der Waals surface area contributed by atoms with Gasteiger partial charge in [0.1, 0.15) is 6.17 Å². The number of carbonyl (C=O) groups excluding carboxylic acids is 2. The summed E-state index contributed by atoms with van der Waals surface area (Å²) in [4.78, 5) is 31.8. The third-order valence-electron chi connectivity index (χ3n) is 1.39. The fourth-order valence-corrected chi connectivity index (χ4v) is 1.18. The Morgan fingerprint density at radius 2 is 2.17 bits per heavy atom. The molecule has 0 bridgehead atoms. The van der Waals surface area contributed by atoms with Crippen LogP contribution in [0.5, 0.6) is 0 Å². The highest BCUT2D eigenvalue weighted by atomic mass is 127. The van der Waals surface area contributed by atoms with Gasteiger partial charge in [-0.25, -0.2) is 7.91 Å². The smallest absolute Gasteiger partial charge is 0.308 e. The summed E-state index contributed by atoms with van der Waals surface area (Å²) >= 11 is 1.60. The lowest BCUT2D eigenvalue weighted by Crippen LogP contribution is -2.62. The predicted octanol–water partition coefficient (Wildman–Crippen LogP) is -0.692. The van der Waals surface area contributed by atoms with E-state index in [1.54, 1.807) is 22.9 Å². The van der Waals surface area contributed by atoms with E-state index in [2.05, 4.69) is 5.18 Å². The summed E-state index contributed by atoms with van der Waals surface area (Å²) in [5.41, 5.74) is 5.36. The molecule has 0 aromatic carbocycles. The van der Waals surface area contributed by atoms with Crippen molar-refractivity contribution < 1.29 is 9.59 Å². The topological polar surface area (TPSA) is 105 Å². The van der Waals surface area contributed by atoms with Crippen molar-refractivity contribution in [2.45, 2.75) is 12.2 Å². The largest absolute Gasteiger partial charge is 0.334 e. The molecule has 3 N–H and O–H groups in total. The molecule has 0 aliphatic carbocycles. The van der Waals surface area contributed by atoms with E-state index >= 15 is 0 Å². The molecule has 1 aliphatic heterocycles. The average molecular weight is 284 g/mol. The monoisotopic (exact) mass is 284 g/mol. The van der Waals surface area contributed by atoms with Crippen LogP contribution in [0.2, 0.25) is 0 Å². The first-order valence-corrected chi connectivity index (χ1v) is 3.92. The van der Waals surface area contributed by atoms with Gasteiger partial charge >= 0.3 is 6.03 Å². The number of nitrogens with zero attached hydrogens (tertiary/aromatic N) is 2. The molecule has 0 saturated carbocycles. The molecule has 12 heavy (non-hydrogen) atoms. The van der Waals surface area contributed by atoms with Crippen LogP contribution in [0.4, 0.5) is 4.79 Å². The zero-order valence-corrected chi connectivity index (χ0v) is 7.89. The molecule has 2 atom stereocenters. The number of amides is 3. The summed E-state index contributed by atoms with van der Waals surface area (Å²) in [6.07, 6.45) is -0.982. The lowest BCUT2D eigenvalue weighted by molar-refractivity contribution is -0.123. The minimum Gasteiger partial charge on any atom is -0.308 e. The number of urea groups is 1. The first-order chi connectivity index (χ1) is 5.57. The van der Waals surface area contributed by atoms with Gasteiger partial charge in [0, 0.05) is 0 Å². The van der Waals surface area contributed by atoms with Gasteiger partial charge in [-0.05, 0) is 0 Å². The van der Waals surface area contributed by atoms with Crippen LogP contribution < -0.4 is 11.1 Å². The third kappa shape index (κ3) is 1.39. The Kier molecular flexibility index (Phi) is 2.57. The molecule has 1 fully saturated rings. The van der Waals surface area contributed by atoms with E-state index in [4.69, 9.17) is 5.73 Å². The lowest BCUT2D eigenvalue weighted by Gasteiger charge is -2.29. The molecule has 8 heteroatoms. The summed E-state index contributed by atoms with van der Waals surface area (Å²) in [6, 6.07) is -1.85. The molecule has 1 heterocycles. The molecular weight excluding hydrogens is 279 g/mol. The molecule has 0 spiro atoms. The van der Waals surface area contributed by atoms with Crippen LogP contribution in [0.1, 0.15) is 0 Å². The maximum absolute atomic E-state index is 10.9. The van der Waals surface area contributed by atoms with Crippen LogP contribution in [0.3, 0.4) is 0 Å². The number of nitrogens with one attached hydrogen (secondary N) is 1. The molecule has 1 rings (SSSR count). The zero-order chi connectivity index (χ0) is 9.30. The fourth-order valence-electron chi connectivity index (χ4n) is 0.757. The second-order valence-corrected chi connectivity index (χ2v) is 3.19. The Hall–Kier alpha value is -0.770. The number of nitrogens with two attached hydrogens (primary N) is 1. The number of hydrogen-bond donors (Lipinski definition) is 2. The van der Waals surface area contributed by atoms with Gasteiger partial charge < -0.3 is 5.73 Å². The number of nitroso groups, excluding NO2 is 1. The van der Waals surface area contributed by atoms with Gasteiger partial charge in [-0.1, -0.05) is 5.18 Å². The van der Waals surface area contributed by atoms with Crippen LogP contribution in [0, 0.1) is 4.91 Å². The van der Waals surface area contributed by atoms with Gasteiger partial charge in [0.15, 0.2) is 0 Å². The molecule has 0 radical (unpaired) electrons. The van der Waals surface area contributed by atoms with Gasteiger partial charge in [0.2, 0.25) is 6.04 Å². The van der Waals surface area contributed by atoms with E-state index in [0.29, 0.717) is 0 Å². The van der Waals surface area contributed by atoms with Crippen molar-refractivity contribution in [1.82, 2.24) is 8.43 Å². The van der Waals surface area contributed by atoms with Crippen molar-refractivity contribution in [3.05, 3.63) is 4.91 Å². The highest BCUT2D eigenvalue weighted by Gasteiger charge is 2.39. The SMILES string of the molecule is NC1[C@H](N=O)C(=O)NC(=O)N1I. The summed E-state index contributed by atoms with van der Waals surface area (Å²) in [5, 5.41) is 4.44. The van der Waals surface area contributed by atoms with Crippen LogP contribution in [-0.4, -0.2) is 27.3 Å². The molecule has 66 valence electrons. The fraction of sp³-hybridized carbons (Fsp3) is 0.500. The second-order valence-electron chi connectivity index (χ2n) is 2.15. The molecule has 1 aliphatic rings. The van der Waals surface area contributed by atoms with Gasteiger partial charge in [0.25, 0.3) is 5.91 Å². The van der Waals surface area contributed by atoms with Crippen LogP contribution in [0.25, 0.3) is 0 Å². The summed E-state index contributed by atoms with van der Waals surface area (Å²) < 4.78 is 1.02. The van der Waals surface area contributed by atoms with Crippen molar-refractivity contribution >= 4 is 34.8 Å². The summed E-state index contributed by atoms with van der Waals surface area (Å²) in [5.74, 6) is -0.754. The third-order valence-corrected chi connectivity index (χ3v) is 2.47. The van der Waals surface area contributed by atoms with Gasteiger partial charge in [-0.15, -0.1) is 4.91 Å². The molecule has 0 aromatic rings. The molecule has 3 amide bonds. The number of halogens is 1. The van der Waals surface area contributed by atoms with E-state index in [0.717, 1.165) is 3.11 Å². The number of rotatable bonds is 1. The Morgan fingerprint density at radius 3 is 2.67 bits per heavy atom. The molecule has 0 aromatic heterocycles. The van der Waals surface area contributed by atoms with E-state index in [-0.39, 0.29) is 0 Å². The van der Waals surface area contributed by atoms with Crippen LogP contribution >= 0.6 is 22.9 Å². The van der Waals surface area contributed by atoms with E-state index in [9.17, 15) is 14.5 Å². The number of carbonyl (C=O) groups is 2. The van der Waals surface area contributed by atoms with E-state index in [1.807, 2.05) is 5.32 Å². The maximum atomic E-state index is 10.9. The standard InChI is InChI=1S/C4H5IN4O3/c5-9-2(6)1(8-12)3(10)7-4(9)11/h1-2H,6H2,(H,7,10,11)/t1-,2?/m0/s1. The minimum absolute atomic E-state index is 0.631. The van der Waals surface area contributed by atoms with Crippen molar-refractivity contribution in [3.63, 3.8) is 0 Å². The molecule has 1 unspecified atom stereocenters. The number of hydrogen-bond acceptors (Lipinski definition) is 5. The van der Waals surface area contributed by atoms with Crippen LogP contribution in [-0.2, 0) is 4.79 Å². The molecule has 7 nitrogen and oxygen atoms in total. The van der Waals surface area contributed by atoms with Gasteiger partial charge in [-0.2, -0.15) is 0 Å². The Balaban J connectivity index is 2.86. The minimum atomic E-state index is -1.22. The van der Waals surface area contributed by atoms with Gasteiger partial charge in [-0.3, -0.25) is 10.1 Å². The Labute approximate surface area is 81.1 Å². The van der Waals surface area contributed by atoms with Gasteiger partial charge in [0.05, 0.1) is 22.9 Å². The molecular formula is C4H5IN4O3. The first-order valence-electron chi connectivity index (χ1n) is 2.96. The van der Waals surface area contributed by atoms with Crippen molar-refractivity contribution in [1.29, 1.82) is 0 Å².